The van der Waals surface area contributed by atoms with E-state index in [0.717, 1.165) is 30.4 Å². The Morgan fingerprint density at radius 1 is 0.844 bits per heavy atom. The molecule has 1 fully saturated rings. The first kappa shape index (κ1) is 23.9. The Kier molecular flexibility index (Phi) is 7.35. The number of carbonyl (C=O) groups excluding carboxylic acids is 2. The molecule has 1 unspecified atom stereocenters. The van der Waals surface area contributed by atoms with Gasteiger partial charge >= 0.3 is 13.3 Å². The van der Waals surface area contributed by atoms with Crippen LogP contribution in [0.15, 0.2) is 30.3 Å². The standard InChI is InChI=1S/C25H30O6P/c1-16-10-9-11-17(2)21(16)24(27)32(28)25(12-7-6-8-13-25)23(26)22-19(30-4)14-18(29-3)15-20(22)31-5/h9-11,14-15H,6-8,12-13H2,1-5H3/q+1. The van der Waals surface area contributed by atoms with Crippen LogP contribution in [-0.2, 0) is 4.57 Å². The van der Waals surface area contributed by atoms with Crippen molar-refractivity contribution in [2.75, 3.05) is 21.3 Å². The summed E-state index contributed by atoms with van der Waals surface area (Å²) in [5.41, 5.74) is 1.71. The highest BCUT2D eigenvalue weighted by molar-refractivity contribution is 7.67. The molecule has 1 aliphatic rings. The highest BCUT2D eigenvalue weighted by atomic mass is 31.1. The smallest absolute Gasteiger partial charge is 0.434 e. The topological polar surface area (TPSA) is 78.9 Å². The van der Waals surface area contributed by atoms with Crippen LogP contribution in [-0.4, -0.2) is 37.8 Å². The molecule has 0 spiro atoms. The molecule has 1 aliphatic carbocycles. The molecule has 1 atom stereocenters. The van der Waals surface area contributed by atoms with Gasteiger partial charge in [-0.2, -0.15) is 0 Å². The maximum Gasteiger partial charge on any atom is 0.434 e. The van der Waals surface area contributed by atoms with Gasteiger partial charge in [-0.05, 0) is 37.8 Å². The molecule has 2 aromatic rings. The summed E-state index contributed by atoms with van der Waals surface area (Å²) in [7, 11) is 1.89. The average molecular weight is 457 g/mol. The summed E-state index contributed by atoms with van der Waals surface area (Å²) in [6.07, 6.45) is 3.17. The Bertz CT molecular complexity index is 1010. The highest BCUT2D eigenvalue weighted by Crippen LogP contribution is 2.54. The minimum atomic E-state index is -2.54. The van der Waals surface area contributed by atoms with Crippen molar-refractivity contribution in [2.45, 2.75) is 51.1 Å². The number of hydrogen-bond acceptors (Lipinski definition) is 6. The molecule has 0 bridgehead atoms. The number of rotatable bonds is 8. The van der Waals surface area contributed by atoms with Gasteiger partial charge in [0.25, 0.3) is 0 Å². The number of benzene rings is 2. The second kappa shape index (κ2) is 9.83. The fraction of sp³-hybridized carbons (Fsp3) is 0.440. The number of ether oxygens (including phenoxy) is 3. The van der Waals surface area contributed by atoms with Crippen molar-refractivity contribution in [1.29, 1.82) is 0 Å². The number of carbonyl (C=O) groups is 2. The third-order valence-corrected chi connectivity index (χ3v) is 8.33. The van der Waals surface area contributed by atoms with Crippen LogP contribution in [0.5, 0.6) is 17.2 Å². The van der Waals surface area contributed by atoms with Crippen molar-refractivity contribution in [2.24, 2.45) is 0 Å². The number of aryl methyl sites for hydroxylation is 2. The normalized spacial score (nSPS) is 15.6. The van der Waals surface area contributed by atoms with Gasteiger partial charge < -0.3 is 14.2 Å². The van der Waals surface area contributed by atoms with Gasteiger partial charge in [-0.1, -0.05) is 29.2 Å². The molecule has 0 radical (unpaired) electrons. The lowest BCUT2D eigenvalue weighted by atomic mass is 9.82. The lowest BCUT2D eigenvalue weighted by Gasteiger charge is -2.27. The molecule has 170 valence electrons. The Morgan fingerprint density at radius 3 is 1.84 bits per heavy atom. The van der Waals surface area contributed by atoms with Crippen LogP contribution in [0.3, 0.4) is 0 Å². The Hall–Kier alpha value is -2.72. The molecule has 1 saturated carbocycles. The zero-order chi connectivity index (χ0) is 23.5. The minimum absolute atomic E-state index is 0.204. The largest absolute Gasteiger partial charge is 0.496 e. The first-order valence-corrected chi connectivity index (χ1v) is 12.0. The molecule has 2 aromatic carbocycles. The molecular weight excluding hydrogens is 427 g/mol. The van der Waals surface area contributed by atoms with E-state index in [0.29, 0.717) is 24.2 Å². The maximum absolute atomic E-state index is 14.1. The molecule has 7 heteroatoms. The van der Waals surface area contributed by atoms with E-state index in [4.69, 9.17) is 14.2 Å². The van der Waals surface area contributed by atoms with E-state index in [1.807, 2.05) is 32.0 Å². The molecule has 0 amide bonds. The van der Waals surface area contributed by atoms with Crippen molar-refractivity contribution in [3.63, 3.8) is 0 Å². The van der Waals surface area contributed by atoms with Gasteiger partial charge in [0, 0.05) is 25.0 Å². The van der Waals surface area contributed by atoms with Crippen LogP contribution in [0, 0.1) is 13.8 Å². The number of Topliss-reactive ketones (excluding diaryl/α,β-unsaturated/α-hetero) is 1. The summed E-state index contributed by atoms with van der Waals surface area (Å²) in [4.78, 5) is 27.6. The van der Waals surface area contributed by atoms with E-state index in [9.17, 15) is 14.2 Å². The van der Waals surface area contributed by atoms with Crippen molar-refractivity contribution in [3.8, 4) is 17.2 Å². The van der Waals surface area contributed by atoms with Gasteiger partial charge in [0.1, 0.15) is 22.8 Å². The van der Waals surface area contributed by atoms with E-state index in [1.165, 1.54) is 21.3 Å². The third kappa shape index (κ3) is 4.16. The molecule has 6 nitrogen and oxygen atoms in total. The summed E-state index contributed by atoms with van der Waals surface area (Å²) in [5.74, 6) is 0.663. The molecule has 0 aliphatic heterocycles. The summed E-state index contributed by atoms with van der Waals surface area (Å²) in [6.45, 7) is 3.66. The molecule has 0 N–H and O–H groups in total. The van der Waals surface area contributed by atoms with Crippen LogP contribution in [0.2, 0.25) is 0 Å². The predicted octanol–water partition coefficient (Wildman–Crippen LogP) is 5.88. The summed E-state index contributed by atoms with van der Waals surface area (Å²) in [5, 5.41) is -1.30. The van der Waals surface area contributed by atoms with E-state index in [1.54, 1.807) is 12.1 Å². The second-order valence-corrected chi connectivity index (χ2v) is 10.0. The molecule has 0 aromatic heterocycles. The average Bonchev–Trinajstić information content (AvgIpc) is 2.82. The van der Waals surface area contributed by atoms with E-state index in [-0.39, 0.29) is 22.8 Å². The zero-order valence-corrected chi connectivity index (χ0v) is 20.2. The quantitative estimate of drug-likeness (QED) is 0.364. The number of methoxy groups -OCH3 is 3. The van der Waals surface area contributed by atoms with Crippen molar-refractivity contribution >= 4 is 19.1 Å². The fourth-order valence-corrected chi connectivity index (χ4v) is 6.53. The van der Waals surface area contributed by atoms with Crippen LogP contribution in [0.25, 0.3) is 0 Å². The van der Waals surface area contributed by atoms with Crippen LogP contribution >= 0.6 is 7.80 Å². The SMILES string of the molecule is COc1cc(OC)c(C(=O)C2([P+](=O)C(=O)c3c(C)cccc3C)CCCCC2)c(OC)c1. The molecule has 0 heterocycles. The Morgan fingerprint density at radius 2 is 1.38 bits per heavy atom. The number of hydrogen-bond donors (Lipinski definition) is 0. The minimum Gasteiger partial charge on any atom is -0.496 e. The van der Waals surface area contributed by atoms with E-state index >= 15 is 0 Å². The van der Waals surface area contributed by atoms with Crippen molar-refractivity contribution in [3.05, 3.63) is 52.6 Å². The highest BCUT2D eigenvalue weighted by Gasteiger charge is 2.61. The Balaban J connectivity index is 2.16. The lowest BCUT2D eigenvalue weighted by molar-refractivity contribution is 0.0897. The van der Waals surface area contributed by atoms with Crippen LogP contribution < -0.4 is 14.2 Å². The predicted molar refractivity (Wildman–Crippen MR) is 124 cm³/mol. The van der Waals surface area contributed by atoms with Gasteiger partial charge in [-0.15, -0.1) is 0 Å². The lowest BCUT2D eigenvalue weighted by Crippen LogP contribution is -2.39. The molecule has 32 heavy (non-hydrogen) atoms. The third-order valence-electron chi connectivity index (χ3n) is 6.31. The second-order valence-electron chi connectivity index (χ2n) is 8.19. The van der Waals surface area contributed by atoms with Gasteiger partial charge in [0.15, 0.2) is 0 Å². The van der Waals surface area contributed by atoms with Crippen LogP contribution in [0.4, 0.5) is 0 Å². The van der Waals surface area contributed by atoms with Crippen molar-refractivity contribution < 1.29 is 28.4 Å². The van der Waals surface area contributed by atoms with Gasteiger partial charge in [-0.25, -0.2) is 4.79 Å². The first-order chi connectivity index (χ1) is 15.3. The Labute approximate surface area is 190 Å². The van der Waals surface area contributed by atoms with Crippen LogP contribution in [0.1, 0.15) is 63.9 Å². The summed E-state index contributed by atoms with van der Waals surface area (Å²) in [6, 6.07) is 8.73. The van der Waals surface area contributed by atoms with Gasteiger partial charge in [0.2, 0.25) is 10.9 Å². The van der Waals surface area contributed by atoms with Gasteiger partial charge in [-0.3, -0.25) is 4.79 Å². The van der Waals surface area contributed by atoms with E-state index in [2.05, 4.69) is 0 Å². The zero-order valence-electron chi connectivity index (χ0n) is 19.3. The summed E-state index contributed by atoms with van der Waals surface area (Å²) >= 11 is 0. The molecular formula is C25H30O6P+. The maximum atomic E-state index is 14.1. The molecule has 0 saturated heterocycles. The van der Waals surface area contributed by atoms with Gasteiger partial charge in [0.05, 0.1) is 26.9 Å². The monoisotopic (exact) mass is 457 g/mol. The molecule has 3 rings (SSSR count). The number of ketones is 1. The fourth-order valence-electron chi connectivity index (χ4n) is 4.57. The van der Waals surface area contributed by atoms with E-state index < -0.39 is 18.5 Å². The van der Waals surface area contributed by atoms with Crippen molar-refractivity contribution in [1.82, 2.24) is 0 Å². The first-order valence-electron chi connectivity index (χ1n) is 10.7. The summed E-state index contributed by atoms with van der Waals surface area (Å²) < 4.78 is 30.2.